The van der Waals surface area contributed by atoms with Crippen LogP contribution < -0.4 is 0 Å². The highest BCUT2D eigenvalue weighted by atomic mass is 19.3. The summed E-state index contributed by atoms with van der Waals surface area (Å²) >= 11 is 0. The molecule has 4 aromatic heterocycles. The van der Waals surface area contributed by atoms with Gasteiger partial charge in [0.15, 0.2) is 0 Å². The third-order valence-electron chi connectivity index (χ3n) is 5.11. The van der Waals surface area contributed by atoms with Crippen molar-refractivity contribution >= 4 is 5.65 Å². The molecule has 1 aliphatic carbocycles. The predicted molar refractivity (Wildman–Crippen MR) is 102 cm³/mol. The zero-order valence-corrected chi connectivity index (χ0v) is 15.4. The zero-order valence-electron chi connectivity index (χ0n) is 15.4. The molecule has 7 heteroatoms. The molecular weight excluding hydrogens is 360 g/mol. The van der Waals surface area contributed by atoms with E-state index >= 15 is 0 Å². The molecule has 0 spiro atoms. The summed E-state index contributed by atoms with van der Waals surface area (Å²) in [6.07, 6.45) is 5.23. The SMILES string of the molecule is Cc1cccc(-c2ncn(CC(F)F)c2-c2ccc3ncc(C4CC4)n3c2)n1. The Morgan fingerprint density at radius 2 is 2.00 bits per heavy atom. The number of alkyl halides is 2. The van der Waals surface area contributed by atoms with Crippen molar-refractivity contribution in [3.8, 4) is 22.6 Å². The maximum absolute atomic E-state index is 13.2. The smallest absolute Gasteiger partial charge is 0.256 e. The van der Waals surface area contributed by atoms with Gasteiger partial charge in [-0.05, 0) is 44.0 Å². The van der Waals surface area contributed by atoms with E-state index in [4.69, 9.17) is 0 Å². The van der Waals surface area contributed by atoms with Gasteiger partial charge >= 0.3 is 0 Å². The van der Waals surface area contributed by atoms with Crippen molar-refractivity contribution in [3.63, 3.8) is 0 Å². The quantitative estimate of drug-likeness (QED) is 0.504. The van der Waals surface area contributed by atoms with Crippen molar-refractivity contribution in [3.05, 3.63) is 60.4 Å². The van der Waals surface area contributed by atoms with Crippen LogP contribution in [0.1, 0.15) is 30.1 Å². The lowest BCUT2D eigenvalue weighted by Crippen LogP contribution is -2.07. The third kappa shape index (κ3) is 2.96. The summed E-state index contributed by atoms with van der Waals surface area (Å²) in [6.45, 7) is 1.49. The van der Waals surface area contributed by atoms with Gasteiger partial charge in [0.1, 0.15) is 11.3 Å². The minimum absolute atomic E-state index is 0.411. The number of hydrogen-bond acceptors (Lipinski definition) is 3. The van der Waals surface area contributed by atoms with E-state index in [1.165, 1.54) is 29.4 Å². The molecule has 0 unspecified atom stereocenters. The van der Waals surface area contributed by atoms with Gasteiger partial charge in [-0.2, -0.15) is 0 Å². The fourth-order valence-corrected chi connectivity index (χ4v) is 3.66. The Morgan fingerprint density at radius 3 is 2.75 bits per heavy atom. The zero-order chi connectivity index (χ0) is 19.3. The van der Waals surface area contributed by atoms with Gasteiger partial charge < -0.3 is 8.97 Å². The van der Waals surface area contributed by atoms with Crippen LogP contribution >= 0.6 is 0 Å². The highest BCUT2D eigenvalue weighted by molar-refractivity contribution is 5.77. The molecule has 0 radical (unpaired) electrons. The summed E-state index contributed by atoms with van der Waals surface area (Å²) in [5, 5.41) is 0. The predicted octanol–water partition coefficient (Wildman–Crippen LogP) is 4.71. The first-order chi connectivity index (χ1) is 13.6. The highest BCUT2D eigenvalue weighted by Gasteiger charge is 2.27. The molecule has 0 aromatic carbocycles. The lowest BCUT2D eigenvalue weighted by Gasteiger charge is -2.11. The molecule has 0 N–H and O–H groups in total. The second kappa shape index (κ2) is 6.51. The van der Waals surface area contributed by atoms with Crippen LogP contribution in [-0.2, 0) is 6.54 Å². The molecule has 1 fully saturated rings. The van der Waals surface area contributed by atoms with Crippen LogP contribution in [0.5, 0.6) is 0 Å². The molecule has 1 saturated carbocycles. The molecular formula is C21H19F2N5. The molecule has 5 rings (SSSR count). The van der Waals surface area contributed by atoms with Crippen LogP contribution in [0.4, 0.5) is 8.78 Å². The van der Waals surface area contributed by atoms with Gasteiger partial charge in [0.2, 0.25) is 0 Å². The minimum atomic E-state index is -2.47. The Kier molecular flexibility index (Phi) is 3.96. The molecule has 4 heterocycles. The second-order valence-electron chi connectivity index (χ2n) is 7.25. The summed E-state index contributed by atoms with van der Waals surface area (Å²) in [5.41, 5.74) is 5.65. The molecule has 0 bridgehead atoms. The topological polar surface area (TPSA) is 48.0 Å². The highest BCUT2D eigenvalue weighted by Crippen LogP contribution is 2.40. The van der Waals surface area contributed by atoms with Crippen LogP contribution in [-0.4, -0.2) is 30.3 Å². The first kappa shape index (κ1) is 17.0. The van der Waals surface area contributed by atoms with Crippen molar-refractivity contribution in [2.75, 3.05) is 0 Å². The van der Waals surface area contributed by atoms with Crippen molar-refractivity contribution < 1.29 is 8.78 Å². The number of imidazole rings is 2. The number of hydrogen-bond donors (Lipinski definition) is 0. The van der Waals surface area contributed by atoms with Gasteiger partial charge in [-0.3, -0.25) is 4.98 Å². The molecule has 0 aliphatic heterocycles. The van der Waals surface area contributed by atoms with Crippen molar-refractivity contribution in [2.24, 2.45) is 0 Å². The number of aromatic nitrogens is 5. The Hall–Kier alpha value is -3.09. The van der Waals surface area contributed by atoms with E-state index in [1.807, 2.05) is 49.6 Å². The second-order valence-corrected chi connectivity index (χ2v) is 7.25. The van der Waals surface area contributed by atoms with E-state index in [9.17, 15) is 8.78 Å². The van der Waals surface area contributed by atoms with Crippen molar-refractivity contribution in [2.45, 2.75) is 38.7 Å². The van der Waals surface area contributed by atoms with Gasteiger partial charge in [0.05, 0.1) is 24.3 Å². The summed E-state index contributed by atoms with van der Waals surface area (Å²) in [4.78, 5) is 13.5. The molecule has 5 nitrogen and oxygen atoms in total. The standard InChI is InChI=1S/C21H19F2N5/c1-13-3-2-4-16(26-13)20-21(27(12-25-20)11-18(22)23)15-7-8-19-24-9-17(14-5-6-14)28(19)10-15/h2-4,7-10,12,14,18H,5-6,11H2,1H3. The molecule has 0 saturated heterocycles. The van der Waals surface area contributed by atoms with Crippen LogP contribution in [0.25, 0.3) is 28.3 Å². The molecule has 0 atom stereocenters. The normalized spacial score (nSPS) is 14.3. The van der Waals surface area contributed by atoms with Gasteiger partial charge in [-0.15, -0.1) is 0 Å². The van der Waals surface area contributed by atoms with E-state index in [0.29, 0.717) is 23.0 Å². The first-order valence-corrected chi connectivity index (χ1v) is 9.35. The number of rotatable bonds is 5. The average molecular weight is 379 g/mol. The third-order valence-corrected chi connectivity index (χ3v) is 5.11. The van der Waals surface area contributed by atoms with Gasteiger partial charge in [0.25, 0.3) is 6.43 Å². The van der Waals surface area contributed by atoms with Crippen molar-refractivity contribution in [1.82, 2.24) is 23.9 Å². The number of nitrogens with zero attached hydrogens (tertiary/aromatic N) is 5. The van der Waals surface area contributed by atoms with Crippen LogP contribution in [0.15, 0.2) is 49.1 Å². The van der Waals surface area contributed by atoms with Crippen LogP contribution in [0.3, 0.4) is 0 Å². The fourth-order valence-electron chi connectivity index (χ4n) is 3.66. The van der Waals surface area contributed by atoms with Crippen molar-refractivity contribution in [1.29, 1.82) is 0 Å². The maximum Gasteiger partial charge on any atom is 0.256 e. The fraction of sp³-hybridized carbons (Fsp3) is 0.286. The Labute approximate surface area is 160 Å². The van der Waals surface area contributed by atoms with Gasteiger partial charge in [0, 0.05) is 35.3 Å². The molecule has 1 aliphatic rings. The lowest BCUT2D eigenvalue weighted by molar-refractivity contribution is 0.127. The number of fused-ring (bicyclic) bond motifs is 1. The van der Waals surface area contributed by atoms with E-state index in [1.54, 1.807) is 0 Å². The Bertz CT molecular complexity index is 1160. The summed E-state index contributed by atoms with van der Waals surface area (Å²) in [5.74, 6) is 0.536. The first-order valence-electron chi connectivity index (χ1n) is 9.35. The Morgan fingerprint density at radius 1 is 1.14 bits per heavy atom. The number of aryl methyl sites for hydroxylation is 1. The van der Waals surface area contributed by atoms with Gasteiger partial charge in [-0.1, -0.05) is 6.07 Å². The van der Waals surface area contributed by atoms with Crippen LogP contribution in [0, 0.1) is 6.92 Å². The molecule has 0 amide bonds. The van der Waals surface area contributed by atoms with E-state index in [2.05, 4.69) is 19.4 Å². The van der Waals surface area contributed by atoms with E-state index in [0.717, 1.165) is 16.9 Å². The minimum Gasteiger partial charge on any atom is -0.324 e. The van der Waals surface area contributed by atoms with Crippen LogP contribution in [0.2, 0.25) is 0 Å². The largest absolute Gasteiger partial charge is 0.324 e. The lowest BCUT2D eigenvalue weighted by atomic mass is 10.1. The van der Waals surface area contributed by atoms with Gasteiger partial charge in [-0.25, -0.2) is 18.7 Å². The maximum atomic E-state index is 13.2. The molecule has 142 valence electrons. The number of halogens is 2. The molecule has 4 aromatic rings. The summed E-state index contributed by atoms with van der Waals surface area (Å²) < 4.78 is 30.0. The number of pyridine rings is 2. The Balaban J connectivity index is 1.70. The average Bonchev–Trinajstić information content (AvgIpc) is 3.29. The molecule has 28 heavy (non-hydrogen) atoms. The summed E-state index contributed by atoms with van der Waals surface area (Å²) in [7, 11) is 0. The van der Waals surface area contributed by atoms with E-state index < -0.39 is 13.0 Å². The summed E-state index contributed by atoms with van der Waals surface area (Å²) in [6, 6.07) is 9.50. The monoisotopic (exact) mass is 379 g/mol. The van der Waals surface area contributed by atoms with E-state index in [-0.39, 0.29) is 0 Å².